The molecule has 0 aliphatic carbocycles. The number of H-pyrrole nitrogens is 1. The van der Waals surface area contributed by atoms with Gasteiger partial charge in [0.05, 0.1) is 7.05 Å². The quantitative estimate of drug-likeness (QED) is 0.589. The van der Waals surface area contributed by atoms with Crippen LogP contribution in [0.25, 0.3) is 0 Å². The van der Waals surface area contributed by atoms with E-state index in [1.54, 1.807) is 31.3 Å². The Hall–Kier alpha value is -2.57. The number of anilines is 2. The van der Waals surface area contributed by atoms with Crippen molar-refractivity contribution in [2.75, 3.05) is 11.1 Å². The molecule has 0 unspecified atom stereocenters. The summed E-state index contributed by atoms with van der Waals surface area (Å²) in [6.45, 7) is 0. The van der Waals surface area contributed by atoms with Gasteiger partial charge in [-0.2, -0.15) is 4.68 Å². The number of nitrogens with two attached hydrogens (primary N) is 1. The van der Waals surface area contributed by atoms with Crippen molar-refractivity contribution in [2.24, 2.45) is 7.05 Å². The van der Waals surface area contributed by atoms with Crippen molar-refractivity contribution in [3.63, 3.8) is 0 Å². The van der Waals surface area contributed by atoms with Gasteiger partial charge in [0.15, 0.2) is 0 Å². The fraction of sp³-hybridized carbons (Fsp3) is 0.100. The number of carbonyl (C=O) groups is 1. The zero-order valence-electron chi connectivity index (χ0n) is 9.18. The first-order valence-electron chi connectivity index (χ1n) is 4.92. The number of nitrogen functional groups attached to an aromatic ring is 1. The van der Waals surface area contributed by atoms with E-state index in [0.717, 1.165) is 4.68 Å². The standard InChI is InChI=1S/C10H11N5O2/c1-14-8(11)9(16)15(13-14)10(17)12-7-5-3-2-4-6-7/h2-6,11,13H,1H3,(H,12,17)/p+1. The van der Waals surface area contributed by atoms with Gasteiger partial charge >= 0.3 is 17.4 Å². The summed E-state index contributed by atoms with van der Waals surface area (Å²) in [5, 5.41) is 5.08. The minimum atomic E-state index is -0.589. The maximum Gasteiger partial charge on any atom is 0.409 e. The fourth-order valence-corrected chi connectivity index (χ4v) is 1.35. The molecule has 0 atom stereocenters. The summed E-state index contributed by atoms with van der Waals surface area (Å²) in [5.41, 5.74) is 5.47. The number of para-hydroxylation sites is 1. The van der Waals surface area contributed by atoms with E-state index in [1.165, 1.54) is 4.68 Å². The predicted molar refractivity (Wildman–Crippen MR) is 61.5 cm³/mol. The van der Waals surface area contributed by atoms with E-state index in [2.05, 4.69) is 10.5 Å². The molecule has 0 fully saturated rings. The Kier molecular flexibility index (Phi) is 2.65. The number of nitrogens with one attached hydrogen (secondary N) is 2. The molecule has 0 saturated heterocycles. The Labute approximate surface area is 96.4 Å². The van der Waals surface area contributed by atoms with Crippen LogP contribution in [0.2, 0.25) is 0 Å². The molecule has 0 saturated carbocycles. The number of nitrogens with zero attached hydrogens (tertiary/aromatic N) is 2. The lowest BCUT2D eigenvalue weighted by molar-refractivity contribution is -0.718. The third-order valence-electron chi connectivity index (χ3n) is 2.26. The van der Waals surface area contributed by atoms with Crippen LogP contribution in [0.15, 0.2) is 35.1 Å². The summed E-state index contributed by atoms with van der Waals surface area (Å²) in [6, 6.07) is 8.23. The summed E-state index contributed by atoms with van der Waals surface area (Å²) >= 11 is 0. The third-order valence-corrected chi connectivity index (χ3v) is 2.26. The number of carbonyl (C=O) groups excluding carboxylic acids is 1. The molecule has 0 spiro atoms. The lowest BCUT2D eigenvalue weighted by Crippen LogP contribution is -2.35. The van der Waals surface area contributed by atoms with Crippen LogP contribution in [-0.4, -0.2) is 15.9 Å². The van der Waals surface area contributed by atoms with E-state index in [4.69, 9.17) is 5.73 Å². The van der Waals surface area contributed by atoms with Crippen molar-refractivity contribution >= 4 is 17.5 Å². The Bertz CT molecular complexity index is 599. The molecule has 0 aliphatic heterocycles. The van der Waals surface area contributed by atoms with Gasteiger partial charge in [-0.3, -0.25) is 5.32 Å². The minimum absolute atomic E-state index is 0.0341. The molecule has 88 valence electrons. The van der Waals surface area contributed by atoms with Crippen LogP contribution < -0.4 is 21.3 Å². The number of aromatic amines is 1. The van der Waals surface area contributed by atoms with Gasteiger partial charge in [0.1, 0.15) is 0 Å². The molecule has 0 aliphatic rings. The second-order valence-electron chi connectivity index (χ2n) is 3.48. The van der Waals surface area contributed by atoms with Crippen molar-refractivity contribution in [3.05, 3.63) is 40.7 Å². The molecule has 2 rings (SSSR count). The molecule has 1 aromatic carbocycles. The molecule has 0 radical (unpaired) electrons. The number of aryl methyl sites for hydroxylation is 1. The molecule has 7 nitrogen and oxygen atoms in total. The largest absolute Gasteiger partial charge is 0.409 e. The first-order chi connectivity index (χ1) is 8.09. The highest BCUT2D eigenvalue weighted by Crippen LogP contribution is 2.04. The summed E-state index contributed by atoms with van der Waals surface area (Å²) in [4.78, 5) is 23.3. The van der Waals surface area contributed by atoms with Crippen LogP contribution in [0.5, 0.6) is 0 Å². The molecular formula is C10H12N5O2+. The van der Waals surface area contributed by atoms with Crippen molar-refractivity contribution in [3.8, 4) is 0 Å². The number of rotatable bonds is 1. The predicted octanol–water partition coefficient (Wildman–Crippen LogP) is -0.337. The Balaban J connectivity index is 2.27. The Morgan fingerprint density at radius 2 is 2.06 bits per heavy atom. The molecule has 0 bridgehead atoms. The van der Waals surface area contributed by atoms with Gasteiger partial charge in [-0.05, 0) is 12.1 Å². The number of aromatic nitrogens is 3. The van der Waals surface area contributed by atoms with Crippen LogP contribution in [0.3, 0.4) is 0 Å². The van der Waals surface area contributed by atoms with Crippen molar-refractivity contribution < 1.29 is 9.48 Å². The fourth-order valence-electron chi connectivity index (χ4n) is 1.35. The van der Waals surface area contributed by atoms with Crippen molar-refractivity contribution in [1.82, 2.24) is 9.90 Å². The molecular weight excluding hydrogens is 222 g/mol. The van der Waals surface area contributed by atoms with Gasteiger partial charge in [0, 0.05) is 5.69 Å². The van der Waals surface area contributed by atoms with Crippen LogP contribution in [0, 0.1) is 0 Å². The molecule has 7 heteroatoms. The minimum Gasteiger partial charge on any atom is -0.311 e. The highest BCUT2D eigenvalue weighted by molar-refractivity contribution is 5.90. The van der Waals surface area contributed by atoms with E-state index < -0.39 is 11.6 Å². The maximum absolute atomic E-state index is 11.8. The highest BCUT2D eigenvalue weighted by atomic mass is 16.2. The number of hydrogen-bond acceptors (Lipinski definition) is 3. The Morgan fingerprint density at radius 1 is 1.41 bits per heavy atom. The van der Waals surface area contributed by atoms with Crippen molar-refractivity contribution in [1.29, 1.82) is 0 Å². The topological polar surface area (TPSA) is 96.8 Å². The molecule has 1 aromatic heterocycles. The van der Waals surface area contributed by atoms with Gasteiger partial charge in [0.2, 0.25) is 0 Å². The van der Waals surface area contributed by atoms with Crippen molar-refractivity contribution in [2.45, 2.75) is 0 Å². The third kappa shape index (κ3) is 2.03. The summed E-state index contributed by atoms with van der Waals surface area (Å²) in [6.07, 6.45) is 0. The normalized spacial score (nSPS) is 10.2. The molecule has 1 amide bonds. The zero-order valence-corrected chi connectivity index (χ0v) is 9.18. The van der Waals surface area contributed by atoms with Gasteiger partial charge in [-0.25, -0.2) is 9.59 Å². The number of hydrogen-bond donors (Lipinski definition) is 3. The summed E-state index contributed by atoms with van der Waals surface area (Å²) in [5.74, 6) is -0.0341. The van der Waals surface area contributed by atoms with Crippen LogP contribution in [-0.2, 0) is 7.05 Å². The van der Waals surface area contributed by atoms with E-state index in [9.17, 15) is 9.59 Å². The number of amides is 1. The molecule has 1 heterocycles. The summed E-state index contributed by atoms with van der Waals surface area (Å²) < 4.78 is 2.08. The summed E-state index contributed by atoms with van der Waals surface area (Å²) in [7, 11) is 1.54. The lowest BCUT2D eigenvalue weighted by atomic mass is 10.3. The number of benzene rings is 1. The molecule has 4 N–H and O–H groups in total. The second kappa shape index (κ2) is 4.12. The Morgan fingerprint density at radius 3 is 2.59 bits per heavy atom. The highest BCUT2D eigenvalue weighted by Gasteiger charge is 2.20. The van der Waals surface area contributed by atoms with Crippen LogP contribution in [0.4, 0.5) is 16.3 Å². The van der Waals surface area contributed by atoms with Crippen LogP contribution >= 0.6 is 0 Å². The van der Waals surface area contributed by atoms with Crippen LogP contribution in [0.1, 0.15) is 0 Å². The SMILES string of the molecule is C[n+]1[nH]n(C(=O)Nc2ccccc2)c(=O)c1N. The smallest absolute Gasteiger partial charge is 0.311 e. The average Bonchev–Trinajstić information content (AvgIpc) is 2.58. The first kappa shape index (κ1) is 10.9. The first-order valence-corrected chi connectivity index (χ1v) is 4.92. The molecule has 2 aromatic rings. The van der Waals surface area contributed by atoms with Gasteiger partial charge in [-0.1, -0.05) is 22.9 Å². The van der Waals surface area contributed by atoms with E-state index >= 15 is 0 Å². The molecule has 17 heavy (non-hydrogen) atoms. The van der Waals surface area contributed by atoms with Gasteiger partial charge in [-0.15, -0.1) is 5.21 Å². The average molecular weight is 234 g/mol. The van der Waals surface area contributed by atoms with E-state index in [1.807, 2.05) is 6.07 Å². The maximum atomic E-state index is 11.8. The van der Waals surface area contributed by atoms with Gasteiger partial charge < -0.3 is 5.73 Å². The lowest BCUT2D eigenvalue weighted by Gasteiger charge is -2.00. The van der Waals surface area contributed by atoms with Gasteiger partial charge in [0.25, 0.3) is 0 Å². The zero-order chi connectivity index (χ0) is 12.4. The monoisotopic (exact) mass is 234 g/mol. The van der Waals surface area contributed by atoms with E-state index in [-0.39, 0.29) is 5.82 Å². The van der Waals surface area contributed by atoms with E-state index in [0.29, 0.717) is 5.69 Å². The second-order valence-corrected chi connectivity index (χ2v) is 3.48.